The Morgan fingerprint density at radius 2 is 1.79 bits per heavy atom. The van der Waals surface area contributed by atoms with E-state index in [4.69, 9.17) is 4.74 Å². The van der Waals surface area contributed by atoms with Crippen LogP contribution in [0.4, 0.5) is 18.0 Å². The molecule has 0 aliphatic carbocycles. The van der Waals surface area contributed by atoms with E-state index < -0.39 is 27.6 Å². The van der Waals surface area contributed by atoms with Crippen LogP contribution in [0.5, 0.6) is 5.88 Å². The van der Waals surface area contributed by atoms with Crippen LogP contribution in [-0.4, -0.2) is 36.2 Å². The van der Waals surface area contributed by atoms with E-state index in [1.165, 1.54) is 24.3 Å². The van der Waals surface area contributed by atoms with Crippen LogP contribution >= 0.6 is 11.3 Å². The number of aromatic nitrogens is 2. The molecule has 2 heterocycles. The quantitative estimate of drug-likeness (QED) is 0.243. The Kier molecular flexibility index (Phi) is 6.13. The number of hydrogen-bond donors (Lipinski definition) is 0. The predicted octanol–water partition coefficient (Wildman–Crippen LogP) is 5.97. The Labute approximate surface area is 196 Å². The van der Waals surface area contributed by atoms with Crippen molar-refractivity contribution in [2.45, 2.75) is 19.4 Å². The van der Waals surface area contributed by atoms with Gasteiger partial charge in [0.2, 0.25) is 5.88 Å². The summed E-state index contributed by atoms with van der Waals surface area (Å²) in [4.78, 5) is 17.8. The van der Waals surface area contributed by atoms with Crippen molar-refractivity contribution in [3.05, 3.63) is 60.3 Å². The van der Waals surface area contributed by atoms with Crippen molar-refractivity contribution in [3.63, 3.8) is 0 Å². The minimum atomic E-state index is -6.00. The number of alkyl halides is 3. The number of carbonyl (C=O) groups excluding carboxylic acids is 1. The molecule has 0 radical (unpaired) electrons. The predicted molar refractivity (Wildman–Crippen MR) is 121 cm³/mol. The van der Waals surface area contributed by atoms with Crippen molar-refractivity contribution in [3.8, 4) is 26.9 Å². The van der Waals surface area contributed by atoms with Crippen LogP contribution in [-0.2, 0) is 14.9 Å². The highest BCUT2D eigenvalue weighted by atomic mass is 32.2. The second-order valence-electron chi connectivity index (χ2n) is 7.07. The number of rotatable bonds is 5. The number of aryl methyl sites for hydroxylation is 1. The molecule has 4 aromatic rings. The summed E-state index contributed by atoms with van der Waals surface area (Å²) in [6, 6.07) is 15.3. The van der Waals surface area contributed by atoms with Gasteiger partial charge in [-0.15, -0.1) is 11.3 Å². The first-order chi connectivity index (χ1) is 16.0. The standard InChI is InChI=1S/C22H17F3N2O5S2/c1-3-31-21(28)27-17-10-9-15(11-16(17)12-18(27)32-34(29,30)22(23,24)25)19-13(2)26-20(33-19)14-7-5-4-6-8-14/h4-12H,3H2,1-2H3. The number of carbonyl (C=O) groups is 1. The number of benzene rings is 2. The number of nitrogens with zero attached hydrogens (tertiary/aromatic N) is 2. The molecule has 0 fully saturated rings. The first kappa shape index (κ1) is 23.8. The average Bonchev–Trinajstić information content (AvgIpc) is 3.32. The smallest absolute Gasteiger partial charge is 0.449 e. The van der Waals surface area contributed by atoms with Gasteiger partial charge in [-0.3, -0.25) is 0 Å². The third-order valence-corrected chi connectivity index (χ3v) is 6.99. The molecule has 4 rings (SSSR count). The third-order valence-electron chi connectivity index (χ3n) is 4.78. The van der Waals surface area contributed by atoms with Gasteiger partial charge in [-0.1, -0.05) is 36.4 Å². The molecule has 178 valence electrons. The lowest BCUT2D eigenvalue weighted by molar-refractivity contribution is -0.0502. The molecule has 0 spiro atoms. The fraction of sp³-hybridized carbons (Fsp3) is 0.182. The Bertz CT molecular complexity index is 1480. The van der Waals surface area contributed by atoms with Gasteiger partial charge in [0.1, 0.15) is 5.01 Å². The summed E-state index contributed by atoms with van der Waals surface area (Å²) in [6.07, 6.45) is -1.07. The molecule has 12 heteroatoms. The lowest BCUT2D eigenvalue weighted by atomic mass is 10.1. The number of hydrogen-bond acceptors (Lipinski definition) is 7. The second kappa shape index (κ2) is 8.76. The van der Waals surface area contributed by atoms with Crippen LogP contribution in [0.2, 0.25) is 0 Å². The molecular weight excluding hydrogens is 493 g/mol. The Hall–Kier alpha value is -3.38. The van der Waals surface area contributed by atoms with E-state index in [1.807, 2.05) is 37.3 Å². The van der Waals surface area contributed by atoms with Gasteiger partial charge >= 0.3 is 21.7 Å². The lowest BCUT2D eigenvalue weighted by Crippen LogP contribution is -2.29. The largest absolute Gasteiger partial charge is 0.534 e. The third kappa shape index (κ3) is 4.38. The summed E-state index contributed by atoms with van der Waals surface area (Å²) in [7, 11) is -6.00. The Morgan fingerprint density at radius 3 is 2.44 bits per heavy atom. The molecule has 0 unspecified atom stereocenters. The van der Waals surface area contributed by atoms with E-state index in [-0.39, 0.29) is 17.5 Å². The lowest BCUT2D eigenvalue weighted by Gasteiger charge is -2.11. The Balaban J connectivity index is 1.82. The van der Waals surface area contributed by atoms with E-state index >= 15 is 0 Å². The van der Waals surface area contributed by atoms with Crippen molar-refractivity contribution in [2.75, 3.05) is 6.61 Å². The molecule has 0 saturated carbocycles. The van der Waals surface area contributed by atoms with Gasteiger partial charge < -0.3 is 8.92 Å². The van der Waals surface area contributed by atoms with Crippen LogP contribution in [0.1, 0.15) is 12.6 Å². The van der Waals surface area contributed by atoms with E-state index in [1.54, 1.807) is 12.1 Å². The number of fused-ring (bicyclic) bond motifs is 1. The highest BCUT2D eigenvalue weighted by Gasteiger charge is 2.49. The van der Waals surface area contributed by atoms with Gasteiger partial charge in [0.25, 0.3) is 0 Å². The van der Waals surface area contributed by atoms with Crippen LogP contribution in [0.3, 0.4) is 0 Å². The zero-order chi connectivity index (χ0) is 24.7. The van der Waals surface area contributed by atoms with Gasteiger partial charge in [0, 0.05) is 17.0 Å². The fourth-order valence-electron chi connectivity index (χ4n) is 3.30. The Morgan fingerprint density at radius 1 is 1.09 bits per heavy atom. The summed E-state index contributed by atoms with van der Waals surface area (Å²) < 4.78 is 71.6. The first-order valence-electron chi connectivity index (χ1n) is 9.88. The molecule has 0 saturated heterocycles. The highest BCUT2D eigenvalue weighted by Crippen LogP contribution is 2.38. The molecule has 2 aromatic heterocycles. The van der Waals surface area contributed by atoms with Gasteiger partial charge in [-0.05, 0) is 31.5 Å². The first-order valence-corrected chi connectivity index (χ1v) is 12.1. The summed E-state index contributed by atoms with van der Waals surface area (Å²) in [5, 5.41) is 1.07. The van der Waals surface area contributed by atoms with Crippen molar-refractivity contribution in [2.24, 2.45) is 0 Å². The summed E-state index contributed by atoms with van der Waals surface area (Å²) in [5.74, 6) is -0.825. The molecule has 0 aliphatic rings. The summed E-state index contributed by atoms with van der Waals surface area (Å²) in [6.45, 7) is 3.26. The number of ether oxygens (including phenoxy) is 1. The van der Waals surface area contributed by atoms with Crippen molar-refractivity contribution in [1.82, 2.24) is 9.55 Å². The summed E-state index contributed by atoms with van der Waals surface area (Å²) >= 11 is 1.43. The average molecular weight is 511 g/mol. The molecule has 0 amide bonds. The van der Waals surface area contributed by atoms with Gasteiger partial charge in [0.05, 0.1) is 22.7 Å². The maximum Gasteiger partial charge on any atom is 0.534 e. The number of halogens is 3. The second-order valence-corrected chi connectivity index (χ2v) is 9.61. The molecule has 0 atom stereocenters. The molecular formula is C22H17F3N2O5S2. The maximum absolute atomic E-state index is 12.9. The fourth-order valence-corrected chi connectivity index (χ4v) is 4.81. The van der Waals surface area contributed by atoms with E-state index in [0.29, 0.717) is 10.1 Å². The number of thiazole rings is 1. The normalized spacial score (nSPS) is 12.1. The van der Waals surface area contributed by atoms with E-state index in [9.17, 15) is 26.4 Å². The van der Waals surface area contributed by atoms with E-state index in [0.717, 1.165) is 27.2 Å². The maximum atomic E-state index is 12.9. The van der Waals surface area contributed by atoms with Crippen molar-refractivity contribution < 1.29 is 35.3 Å². The minimum Gasteiger partial charge on any atom is -0.449 e. The topological polar surface area (TPSA) is 87.5 Å². The SMILES string of the molecule is CCOC(=O)n1c(OS(=O)(=O)C(F)(F)F)cc2cc(-c3sc(-c4ccccc4)nc3C)ccc21. The van der Waals surface area contributed by atoms with Crippen molar-refractivity contribution in [1.29, 1.82) is 0 Å². The van der Waals surface area contributed by atoms with Crippen LogP contribution in [0.25, 0.3) is 31.9 Å². The van der Waals surface area contributed by atoms with Crippen LogP contribution < -0.4 is 4.18 Å². The monoisotopic (exact) mass is 510 g/mol. The molecule has 34 heavy (non-hydrogen) atoms. The van der Waals surface area contributed by atoms with Gasteiger partial charge in [0.15, 0.2) is 0 Å². The van der Waals surface area contributed by atoms with Crippen LogP contribution in [0.15, 0.2) is 54.6 Å². The van der Waals surface area contributed by atoms with E-state index in [2.05, 4.69) is 9.17 Å². The van der Waals surface area contributed by atoms with Gasteiger partial charge in [-0.25, -0.2) is 14.3 Å². The molecule has 2 aromatic carbocycles. The van der Waals surface area contributed by atoms with Crippen molar-refractivity contribution >= 4 is 38.5 Å². The zero-order valence-corrected chi connectivity index (χ0v) is 19.4. The summed E-state index contributed by atoms with van der Waals surface area (Å²) in [5.41, 5.74) is -3.17. The highest BCUT2D eigenvalue weighted by molar-refractivity contribution is 7.88. The molecule has 0 bridgehead atoms. The minimum absolute atomic E-state index is 0.0790. The molecule has 0 aliphatic heterocycles. The molecule has 7 nitrogen and oxygen atoms in total. The molecule has 0 N–H and O–H groups in total. The van der Waals surface area contributed by atoms with Crippen LogP contribution in [0, 0.1) is 6.92 Å². The zero-order valence-electron chi connectivity index (χ0n) is 17.8. The van der Waals surface area contributed by atoms with Gasteiger partial charge in [-0.2, -0.15) is 21.6 Å².